The number of carbonyl (C=O) groups is 3. The molecule has 0 aliphatic rings. The number of unbranched alkanes of at least 4 members (excludes halogenated alkanes) is 2. The minimum Gasteiger partial charge on any atom is -0.597 e. The molecular weight excluding hydrogens is 294 g/mol. The van der Waals surface area contributed by atoms with Crippen LogP contribution in [0.1, 0.15) is 39.5 Å². The molecule has 0 saturated heterocycles. The van der Waals surface area contributed by atoms with E-state index in [2.05, 4.69) is 15.5 Å². The average molecular weight is 317 g/mol. The number of ether oxygens (including phenoxy) is 1. The zero-order valence-electron chi connectivity index (χ0n) is 13.0. The molecule has 0 rings (SSSR count). The molecule has 0 aromatic rings. The largest absolute Gasteiger partial charge is 0.597 e. The van der Waals surface area contributed by atoms with Gasteiger partial charge in [0.25, 0.3) is 0 Å². The van der Waals surface area contributed by atoms with Crippen LogP contribution >= 0.6 is 0 Å². The van der Waals surface area contributed by atoms with Crippen LogP contribution in [0.25, 0.3) is 0 Å². The van der Waals surface area contributed by atoms with Crippen LogP contribution in [0.4, 0.5) is 0 Å². The molecule has 0 aliphatic heterocycles. The Balaban J connectivity index is 4.05. The fraction of sp³-hybridized carbons (Fsp3) is 0.692. The minimum atomic E-state index is -1.16. The number of amides is 1. The van der Waals surface area contributed by atoms with Crippen molar-refractivity contribution in [2.24, 2.45) is 0 Å². The van der Waals surface area contributed by atoms with Crippen molar-refractivity contribution in [1.29, 1.82) is 0 Å². The van der Waals surface area contributed by atoms with Crippen LogP contribution in [0.3, 0.4) is 0 Å². The van der Waals surface area contributed by atoms with E-state index in [9.17, 15) is 19.6 Å². The lowest BCUT2D eigenvalue weighted by Gasteiger charge is -2.15. The van der Waals surface area contributed by atoms with Crippen molar-refractivity contribution in [2.45, 2.75) is 51.6 Å². The number of aliphatic carboxylic acids is 1. The first-order valence-electron chi connectivity index (χ1n) is 6.93. The topological polar surface area (TPSA) is 131 Å². The number of esters is 1. The minimum absolute atomic E-state index is 0.294. The van der Waals surface area contributed by atoms with Gasteiger partial charge in [0.05, 0.1) is 7.11 Å². The van der Waals surface area contributed by atoms with E-state index < -0.39 is 24.0 Å². The zero-order valence-corrected chi connectivity index (χ0v) is 13.0. The predicted molar refractivity (Wildman–Crippen MR) is 78.0 cm³/mol. The summed E-state index contributed by atoms with van der Waals surface area (Å²) in [4.78, 5) is 33.5. The second-order valence-electron chi connectivity index (χ2n) is 4.75. The number of nitrogens with one attached hydrogen (secondary N) is 2. The van der Waals surface area contributed by atoms with Gasteiger partial charge in [0.15, 0.2) is 12.3 Å². The number of hydrazine groups is 1. The summed E-state index contributed by atoms with van der Waals surface area (Å²) >= 11 is 0. The molecule has 2 atom stereocenters. The molecule has 9 heteroatoms. The second-order valence-corrected chi connectivity index (χ2v) is 4.75. The van der Waals surface area contributed by atoms with Crippen LogP contribution in [-0.2, 0) is 19.1 Å². The van der Waals surface area contributed by atoms with Crippen LogP contribution in [0, 0.1) is 5.21 Å². The number of carboxylic acids is 1. The molecule has 9 nitrogen and oxygen atoms in total. The Hall–Kier alpha value is -2.32. The molecule has 0 heterocycles. The lowest BCUT2D eigenvalue weighted by atomic mass is 10.2. The molecule has 0 saturated carbocycles. The Labute approximate surface area is 128 Å². The molecule has 0 aromatic heterocycles. The summed E-state index contributed by atoms with van der Waals surface area (Å²) in [6.45, 7) is 2.77. The number of hydrazone groups is 1. The molecule has 0 bridgehead atoms. The van der Waals surface area contributed by atoms with E-state index in [1.165, 1.54) is 27.2 Å². The lowest BCUT2D eigenvalue weighted by Crippen LogP contribution is -2.49. The molecule has 0 aliphatic carbocycles. The van der Waals surface area contributed by atoms with Gasteiger partial charge in [0.1, 0.15) is 6.04 Å². The number of carbonyl (C=O) groups excluding carboxylic acids is 2. The summed E-state index contributed by atoms with van der Waals surface area (Å²) in [5.41, 5.74) is 2.36. The van der Waals surface area contributed by atoms with E-state index in [1.807, 2.05) is 0 Å². The molecule has 0 unspecified atom stereocenters. The monoisotopic (exact) mass is 317 g/mol. The molecule has 0 fully saturated rings. The Morgan fingerprint density at radius 1 is 1.27 bits per heavy atom. The Morgan fingerprint density at radius 2 is 1.91 bits per heavy atom. The van der Waals surface area contributed by atoms with Crippen molar-refractivity contribution >= 4 is 24.1 Å². The molecule has 22 heavy (non-hydrogen) atoms. The molecule has 0 spiro atoms. The van der Waals surface area contributed by atoms with Crippen LogP contribution < -0.4 is 10.7 Å². The summed E-state index contributed by atoms with van der Waals surface area (Å²) in [5, 5.41) is 22.4. The summed E-state index contributed by atoms with van der Waals surface area (Å²) in [6.07, 6.45) is 3.27. The maximum absolute atomic E-state index is 11.6. The zero-order chi connectivity index (χ0) is 17.1. The third kappa shape index (κ3) is 8.77. The normalized spacial score (nSPS) is 13.9. The fourth-order valence-electron chi connectivity index (χ4n) is 1.43. The van der Waals surface area contributed by atoms with Gasteiger partial charge in [-0.2, -0.15) is 5.43 Å². The van der Waals surface area contributed by atoms with Gasteiger partial charge in [0, 0.05) is 12.8 Å². The summed E-state index contributed by atoms with van der Waals surface area (Å²) in [7, 11) is 1.31. The number of carboxylic acid groups (broad SMARTS) is 1. The highest BCUT2D eigenvalue weighted by atomic mass is 16.5. The molecule has 3 N–H and O–H groups in total. The fourth-order valence-corrected chi connectivity index (χ4v) is 1.43. The van der Waals surface area contributed by atoms with Gasteiger partial charge in [-0.05, 0) is 26.7 Å². The smallest absolute Gasteiger partial charge is 0.325 e. The molecule has 0 aromatic carbocycles. The third-order valence-electron chi connectivity index (χ3n) is 2.80. The van der Waals surface area contributed by atoms with Gasteiger partial charge in [-0.25, -0.2) is 0 Å². The highest BCUT2D eigenvalue weighted by Gasteiger charge is 2.20. The van der Waals surface area contributed by atoms with Gasteiger partial charge >= 0.3 is 11.9 Å². The lowest BCUT2D eigenvalue weighted by molar-refractivity contribution is -0.523. The van der Waals surface area contributed by atoms with Crippen molar-refractivity contribution < 1.29 is 29.1 Å². The summed E-state index contributed by atoms with van der Waals surface area (Å²) in [5.74, 6) is -2.04. The van der Waals surface area contributed by atoms with Crippen LogP contribution in [0.15, 0.2) is 0 Å². The number of nitrogens with zero attached hydrogens (tertiary/aromatic N) is 1. The van der Waals surface area contributed by atoms with Crippen LogP contribution in [0.2, 0.25) is 0 Å². The van der Waals surface area contributed by atoms with Gasteiger partial charge in [0.2, 0.25) is 5.91 Å². The van der Waals surface area contributed by atoms with E-state index in [-0.39, 0.29) is 5.97 Å². The quantitative estimate of drug-likeness (QED) is 0.127. The van der Waals surface area contributed by atoms with Crippen molar-refractivity contribution in [3.05, 3.63) is 5.21 Å². The Bertz CT molecular complexity index is 424. The van der Waals surface area contributed by atoms with E-state index in [4.69, 9.17) is 5.11 Å². The molecular formula is C13H23N3O6. The van der Waals surface area contributed by atoms with Crippen molar-refractivity contribution in [3.63, 3.8) is 0 Å². The average Bonchev–Trinajstić information content (AvgIpc) is 2.45. The first kappa shape index (κ1) is 19.7. The van der Waals surface area contributed by atoms with Crippen molar-refractivity contribution in [2.75, 3.05) is 7.11 Å². The van der Waals surface area contributed by atoms with Gasteiger partial charge in [-0.1, -0.05) is 4.85 Å². The first-order chi connectivity index (χ1) is 10.3. The highest BCUT2D eigenvalue weighted by molar-refractivity contribution is 5.86. The highest BCUT2D eigenvalue weighted by Crippen LogP contribution is 1.99. The summed E-state index contributed by atoms with van der Waals surface area (Å²) in [6, 6.07) is -1.90. The molecule has 1 amide bonds. The van der Waals surface area contributed by atoms with Crippen molar-refractivity contribution in [1.82, 2.24) is 10.7 Å². The van der Waals surface area contributed by atoms with E-state index in [0.717, 1.165) is 0 Å². The SMILES string of the molecule is COC(=O)CCCC/C=[N+](\[O-])N[C@@H](C)C(=O)N[C@@H](C)C(=O)O. The Morgan fingerprint density at radius 3 is 2.45 bits per heavy atom. The van der Waals surface area contributed by atoms with Gasteiger partial charge < -0.3 is 20.4 Å². The second kappa shape index (κ2) is 10.4. The van der Waals surface area contributed by atoms with Gasteiger partial charge in [-0.3, -0.25) is 14.4 Å². The van der Waals surface area contributed by atoms with E-state index >= 15 is 0 Å². The maximum Gasteiger partial charge on any atom is 0.325 e. The number of rotatable bonds is 10. The number of hydrogen-bond acceptors (Lipinski definition) is 6. The van der Waals surface area contributed by atoms with E-state index in [0.29, 0.717) is 30.5 Å². The van der Waals surface area contributed by atoms with Crippen LogP contribution in [-0.4, -0.2) is 53.2 Å². The predicted octanol–water partition coefficient (Wildman–Crippen LogP) is -0.217. The van der Waals surface area contributed by atoms with Crippen LogP contribution in [0.5, 0.6) is 0 Å². The standard InChI is InChI=1S/C13H23N3O6/c1-9(12(18)14-10(2)13(19)20)15-16(21)8-6-4-5-7-11(17)22-3/h8-10,15H,4-7H2,1-3H3,(H,14,18)(H,19,20)/b16-8-/t9-,10-/m0/s1. The third-order valence-corrected chi connectivity index (χ3v) is 2.80. The molecule has 126 valence electrons. The van der Waals surface area contributed by atoms with E-state index in [1.54, 1.807) is 0 Å². The summed E-state index contributed by atoms with van der Waals surface area (Å²) < 4.78 is 4.49. The molecule has 0 radical (unpaired) electrons. The number of hydrogen-bond donors (Lipinski definition) is 3. The number of methoxy groups -OCH3 is 1. The maximum atomic E-state index is 11.6. The van der Waals surface area contributed by atoms with Crippen molar-refractivity contribution in [3.8, 4) is 0 Å². The Kier molecular flexibility index (Phi) is 9.31. The van der Waals surface area contributed by atoms with Gasteiger partial charge in [-0.15, -0.1) is 0 Å². The first-order valence-corrected chi connectivity index (χ1v) is 6.93.